The maximum atomic E-state index is 13.4. The van der Waals surface area contributed by atoms with Gasteiger partial charge in [-0.15, -0.1) is 0 Å². The zero-order valence-corrected chi connectivity index (χ0v) is 16.3. The Morgan fingerprint density at radius 1 is 1.17 bits per heavy atom. The van der Waals surface area contributed by atoms with Gasteiger partial charge in [-0.2, -0.15) is 10.2 Å². The van der Waals surface area contributed by atoms with Gasteiger partial charge >= 0.3 is 0 Å². The van der Waals surface area contributed by atoms with Crippen LogP contribution in [0.1, 0.15) is 54.0 Å². The van der Waals surface area contributed by atoms with Crippen LogP contribution >= 0.6 is 0 Å². The summed E-state index contributed by atoms with van der Waals surface area (Å²) in [6.07, 6.45) is -4.36. The number of hydrogen-bond acceptors (Lipinski definition) is 4. The van der Waals surface area contributed by atoms with Crippen molar-refractivity contribution >= 4 is 16.9 Å². The van der Waals surface area contributed by atoms with Gasteiger partial charge in [-0.25, -0.2) is 27.2 Å². The van der Waals surface area contributed by atoms with Gasteiger partial charge in [-0.1, -0.05) is 0 Å². The van der Waals surface area contributed by atoms with E-state index in [2.05, 4.69) is 20.5 Å². The third kappa shape index (κ3) is 3.94. The number of aryl methyl sites for hydroxylation is 2. The summed E-state index contributed by atoms with van der Waals surface area (Å²) in [6.45, 7) is 4.75. The molecule has 156 valence electrons. The van der Waals surface area contributed by atoms with E-state index in [0.29, 0.717) is 6.07 Å². The molecule has 3 aromatic rings. The summed E-state index contributed by atoms with van der Waals surface area (Å²) in [5.74, 6) is -0.465. The van der Waals surface area contributed by atoms with E-state index in [4.69, 9.17) is 0 Å². The number of hydrogen-bond donors (Lipinski definition) is 1. The minimum Gasteiger partial charge on any atom is -0.348 e. The van der Waals surface area contributed by atoms with Crippen LogP contribution in [-0.2, 0) is 18.4 Å². The zero-order chi connectivity index (χ0) is 21.5. The molecule has 29 heavy (non-hydrogen) atoms. The molecule has 11 heteroatoms. The van der Waals surface area contributed by atoms with Gasteiger partial charge in [0.2, 0.25) is 5.91 Å². The van der Waals surface area contributed by atoms with Crippen molar-refractivity contribution in [3.63, 3.8) is 0 Å². The Morgan fingerprint density at radius 2 is 1.86 bits per heavy atom. The van der Waals surface area contributed by atoms with Crippen molar-refractivity contribution < 1.29 is 22.4 Å². The lowest BCUT2D eigenvalue weighted by Gasteiger charge is -2.14. The summed E-state index contributed by atoms with van der Waals surface area (Å²) in [4.78, 5) is 16.3. The summed E-state index contributed by atoms with van der Waals surface area (Å²) >= 11 is 0. The largest absolute Gasteiger partial charge is 0.348 e. The number of pyridine rings is 1. The fraction of sp³-hybridized carbons (Fsp3) is 0.444. The molecule has 0 aliphatic rings. The van der Waals surface area contributed by atoms with Crippen LogP contribution in [0.3, 0.4) is 0 Å². The van der Waals surface area contributed by atoms with Gasteiger partial charge in [0, 0.05) is 23.9 Å². The van der Waals surface area contributed by atoms with Gasteiger partial charge in [0.05, 0.1) is 23.3 Å². The minimum atomic E-state index is -3.03. The second kappa shape index (κ2) is 7.80. The first-order valence-corrected chi connectivity index (χ1v) is 8.82. The Labute approximate surface area is 163 Å². The summed E-state index contributed by atoms with van der Waals surface area (Å²) in [5, 5.41) is 10.9. The summed E-state index contributed by atoms with van der Waals surface area (Å²) in [6, 6.07) is 0.324. The molecule has 0 aliphatic carbocycles. The van der Waals surface area contributed by atoms with Crippen LogP contribution in [0.2, 0.25) is 0 Å². The van der Waals surface area contributed by atoms with Gasteiger partial charge in [0.25, 0.3) is 12.9 Å². The van der Waals surface area contributed by atoms with E-state index < -0.39 is 30.0 Å². The highest BCUT2D eigenvalue weighted by atomic mass is 19.3. The summed E-state index contributed by atoms with van der Waals surface area (Å²) in [5.41, 5.74) is 0.356. The van der Waals surface area contributed by atoms with Crippen molar-refractivity contribution in [3.8, 4) is 0 Å². The molecule has 0 aliphatic heterocycles. The molecule has 3 rings (SSSR count). The Morgan fingerprint density at radius 3 is 2.41 bits per heavy atom. The number of nitrogens with one attached hydrogen (secondary N) is 1. The second-order valence-electron chi connectivity index (χ2n) is 6.78. The maximum absolute atomic E-state index is 13.4. The van der Waals surface area contributed by atoms with Crippen LogP contribution in [-0.4, -0.2) is 30.5 Å². The van der Waals surface area contributed by atoms with Crippen molar-refractivity contribution in [3.05, 3.63) is 40.5 Å². The van der Waals surface area contributed by atoms with E-state index in [1.807, 2.05) is 6.92 Å². The van der Waals surface area contributed by atoms with Gasteiger partial charge in [0.15, 0.2) is 5.65 Å². The third-order valence-corrected chi connectivity index (χ3v) is 4.80. The Bertz CT molecular complexity index is 1060. The van der Waals surface area contributed by atoms with Crippen LogP contribution < -0.4 is 5.32 Å². The van der Waals surface area contributed by atoms with Crippen LogP contribution in [0.25, 0.3) is 11.0 Å². The first kappa shape index (κ1) is 20.7. The lowest BCUT2D eigenvalue weighted by Crippen LogP contribution is -2.30. The molecule has 0 fully saturated rings. The number of aromatic nitrogens is 5. The van der Waals surface area contributed by atoms with E-state index in [1.165, 1.54) is 6.92 Å². The SMILES string of the molecule is Cc1nn(CC(=O)NC(C)c2cnn(C)c2C)c2nc(C(F)F)cc(C(F)F)c12. The number of carbonyl (C=O) groups excluding carboxylic acids is 1. The fourth-order valence-electron chi connectivity index (χ4n) is 3.24. The second-order valence-corrected chi connectivity index (χ2v) is 6.78. The highest BCUT2D eigenvalue weighted by Crippen LogP contribution is 2.32. The van der Waals surface area contributed by atoms with E-state index >= 15 is 0 Å². The lowest BCUT2D eigenvalue weighted by molar-refractivity contribution is -0.122. The number of amides is 1. The quantitative estimate of drug-likeness (QED) is 0.629. The number of rotatable bonds is 6. The highest BCUT2D eigenvalue weighted by Gasteiger charge is 2.24. The molecule has 1 amide bonds. The molecule has 0 spiro atoms. The highest BCUT2D eigenvalue weighted by molar-refractivity contribution is 5.85. The van der Waals surface area contributed by atoms with E-state index in [9.17, 15) is 22.4 Å². The maximum Gasteiger partial charge on any atom is 0.280 e. The molecule has 7 nitrogen and oxygen atoms in total. The van der Waals surface area contributed by atoms with Crippen LogP contribution in [0.15, 0.2) is 12.3 Å². The average molecular weight is 412 g/mol. The van der Waals surface area contributed by atoms with E-state index in [-0.39, 0.29) is 29.3 Å². The van der Waals surface area contributed by atoms with Crippen molar-refractivity contribution in [2.24, 2.45) is 7.05 Å². The lowest BCUT2D eigenvalue weighted by atomic mass is 10.1. The fourth-order valence-corrected chi connectivity index (χ4v) is 3.24. The van der Waals surface area contributed by atoms with Crippen LogP contribution in [0.5, 0.6) is 0 Å². The number of carbonyl (C=O) groups is 1. The van der Waals surface area contributed by atoms with Crippen molar-refractivity contribution in [1.82, 2.24) is 29.9 Å². The Hall–Kier alpha value is -2.98. The molecule has 0 saturated carbocycles. The first-order chi connectivity index (χ1) is 13.6. The summed E-state index contributed by atoms with van der Waals surface area (Å²) in [7, 11) is 1.78. The Balaban J connectivity index is 1.91. The standard InChI is InChI=1S/C18H20F4N6O/c1-8(12-6-23-27(4)10(12)3)24-14(29)7-28-18-15(9(2)26-28)11(16(19)20)5-13(25-18)17(21)22/h5-6,8,16-17H,7H2,1-4H3,(H,24,29). The average Bonchev–Trinajstić information content (AvgIpc) is 3.14. The van der Waals surface area contributed by atoms with Gasteiger partial charge in [-0.05, 0) is 26.8 Å². The normalized spacial score (nSPS) is 12.9. The predicted octanol–water partition coefficient (Wildman–Crippen LogP) is 3.53. The van der Waals surface area contributed by atoms with E-state index in [0.717, 1.165) is 15.9 Å². The van der Waals surface area contributed by atoms with Gasteiger partial charge in [0.1, 0.15) is 12.2 Å². The molecule has 1 unspecified atom stereocenters. The molecular formula is C18H20F4N6O. The van der Waals surface area contributed by atoms with Crippen molar-refractivity contribution in [2.75, 3.05) is 0 Å². The first-order valence-electron chi connectivity index (χ1n) is 8.82. The smallest absolute Gasteiger partial charge is 0.280 e. The van der Waals surface area contributed by atoms with E-state index in [1.54, 1.807) is 24.9 Å². The molecule has 1 N–H and O–H groups in total. The summed E-state index contributed by atoms with van der Waals surface area (Å²) < 4.78 is 55.8. The number of fused-ring (bicyclic) bond motifs is 1. The predicted molar refractivity (Wildman–Crippen MR) is 96.7 cm³/mol. The van der Waals surface area contributed by atoms with Gasteiger partial charge in [-0.3, -0.25) is 9.48 Å². The number of alkyl halides is 4. The Kier molecular flexibility index (Phi) is 5.58. The molecule has 1 atom stereocenters. The monoisotopic (exact) mass is 412 g/mol. The van der Waals surface area contributed by atoms with Crippen LogP contribution in [0, 0.1) is 13.8 Å². The molecule has 0 bridgehead atoms. The molecule has 3 heterocycles. The number of nitrogens with zero attached hydrogens (tertiary/aromatic N) is 5. The molecule has 0 radical (unpaired) electrons. The topological polar surface area (TPSA) is 77.6 Å². The molecule has 0 aromatic carbocycles. The number of halogens is 4. The minimum absolute atomic E-state index is 0.0200. The molecule has 3 aromatic heterocycles. The van der Waals surface area contributed by atoms with Gasteiger partial charge < -0.3 is 5.32 Å². The van der Waals surface area contributed by atoms with Crippen LogP contribution in [0.4, 0.5) is 17.6 Å². The molecular weight excluding hydrogens is 392 g/mol. The zero-order valence-electron chi connectivity index (χ0n) is 16.3. The van der Waals surface area contributed by atoms with Crippen molar-refractivity contribution in [1.29, 1.82) is 0 Å². The molecule has 0 saturated heterocycles. The third-order valence-electron chi connectivity index (χ3n) is 4.80. The van der Waals surface area contributed by atoms with Crippen molar-refractivity contribution in [2.45, 2.75) is 46.2 Å².